The minimum atomic E-state index is -1.08. The van der Waals surface area contributed by atoms with Crippen molar-refractivity contribution in [3.63, 3.8) is 0 Å². The molecule has 0 unspecified atom stereocenters. The summed E-state index contributed by atoms with van der Waals surface area (Å²) < 4.78 is 5.11. The highest BCUT2D eigenvalue weighted by Gasteiger charge is 2.14. The summed E-state index contributed by atoms with van der Waals surface area (Å²) >= 11 is 12.6. The molecule has 1 aliphatic rings. The number of phenols is 1. The van der Waals surface area contributed by atoms with Crippen LogP contribution < -0.4 is 4.74 Å². The van der Waals surface area contributed by atoms with Crippen LogP contribution in [0.4, 0.5) is 0 Å². The number of carbonyl (C=O) groups is 1. The van der Waals surface area contributed by atoms with Crippen LogP contribution in [0.25, 0.3) is 5.57 Å². The topological polar surface area (TPSA) is 79.1 Å². The number of carboxylic acid groups (broad SMARTS) is 1. The maximum absolute atomic E-state index is 10.6. The van der Waals surface area contributed by atoms with Gasteiger partial charge in [-0.3, -0.25) is 4.99 Å². The second-order valence-corrected chi connectivity index (χ2v) is 6.54. The number of aromatic hydroxyl groups is 1. The molecule has 0 fully saturated rings. The summed E-state index contributed by atoms with van der Waals surface area (Å²) in [5, 5.41) is 19.5. The highest BCUT2D eigenvalue weighted by molar-refractivity contribution is 6.36. The normalized spacial score (nSPS) is 12.9. The molecule has 0 spiro atoms. The van der Waals surface area contributed by atoms with Crippen LogP contribution in [-0.4, -0.2) is 35.5 Å². The molecule has 0 saturated carbocycles. The maximum atomic E-state index is 10.6. The number of ether oxygens (including phenoxy) is 1. The smallest absolute Gasteiger partial charge is 0.341 e. The molecular formula is C19H15Cl2NO4. The van der Waals surface area contributed by atoms with Crippen LogP contribution in [0.15, 0.2) is 41.4 Å². The number of carboxylic acids is 1. The molecule has 1 aliphatic heterocycles. The van der Waals surface area contributed by atoms with Gasteiger partial charge in [-0.25, -0.2) is 4.79 Å². The molecule has 2 aromatic rings. The lowest BCUT2D eigenvalue weighted by Crippen LogP contribution is -2.09. The second kappa shape index (κ2) is 7.81. The number of phenolic OH excluding ortho intramolecular Hbond substituents is 1. The first kappa shape index (κ1) is 18.3. The first-order chi connectivity index (χ1) is 12.4. The average molecular weight is 392 g/mol. The molecule has 26 heavy (non-hydrogen) atoms. The molecule has 2 N–H and O–H groups in total. The number of aliphatic imine (C=N–C) groups is 1. The van der Waals surface area contributed by atoms with Gasteiger partial charge in [-0.1, -0.05) is 35.3 Å². The molecule has 5 nitrogen and oxygen atoms in total. The minimum absolute atomic E-state index is 0.183. The van der Waals surface area contributed by atoms with Crippen molar-refractivity contribution >= 4 is 41.0 Å². The molecule has 0 aliphatic carbocycles. The van der Waals surface area contributed by atoms with Crippen molar-refractivity contribution in [3.05, 3.63) is 63.1 Å². The van der Waals surface area contributed by atoms with E-state index < -0.39 is 12.6 Å². The molecule has 0 aromatic heterocycles. The Hall–Kier alpha value is -2.50. The number of aliphatic carboxylic acids is 1. The van der Waals surface area contributed by atoms with Crippen LogP contribution in [0.5, 0.6) is 11.5 Å². The predicted octanol–water partition coefficient (Wildman–Crippen LogP) is 4.22. The minimum Gasteiger partial charge on any atom is -0.507 e. The maximum Gasteiger partial charge on any atom is 0.341 e. The Morgan fingerprint density at radius 1 is 1.19 bits per heavy atom. The van der Waals surface area contributed by atoms with E-state index in [0.717, 1.165) is 11.1 Å². The van der Waals surface area contributed by atoms with Crippen molar-refractivity contribution in [2.24, 2.45) is 4.99 Å². The largest absolute Gasteiger partial charge is 0.507 e. The average Bonchev–Trinajstić information content (AvgIpc) is 3.12. The van der Waals surface area contributed by atoms with Gasteiger partial charge in [0.25, 0.3) is 0 Å². The van der Waals surface area contributed by atoms with Crippen LogP contribution in [0.1, 0.15) is 16.7 Å². The van der Waals surface area contributed by atoms with Gasteiger partial charge >= 0.3 is 5.97 Å². The van der Waals surface area contributed by atoms with Crippen LogP contribution in [-0.2, 0) is 11.2 Å². The zero-order valence-corrected chi connectivity index (χ0v) is 15.1. The monoisotopic (exact) mass is 391 g/mol. The number of rotatable bonds is 6. The van der Waals surface area contributed by atoms with Crippen molar-refractivity contribution in [2.45, 2.75) is 6.42 Å². The van der Waals surface area contributed by atoms with Crippen LogP contribution in [0.2, 0.25) is 10.0 Å². The Labute approximate surface area is 160 Å². The number of benzene rings is 2. The van der Waals surface area contributed by atoms with Crippen LogP contribution in [0.3, 0.4) is 0 Å². The molecule has 7 heteroatoms. The van der Waals surface area contributed by atoms with E-state index in [-0.39, 0.29) is 5.75 Å². The van der Waals surface area contributed by atoms with Gasteiger partial charge < -0.3 is 14.9 Å². The molecular weight excluding hydrogens is 377 g/mol. The zero-order chi connectivity index (χ0) is 18.7. The number of hydrogen-bond acceptors (Lipinski definition) is 4. The summed E-state index contributed by atoms with van der Waals surface area (Å²) in [5.41, 5.74) is 3.19. The molecule has 2 aromatic carbocycles. The predicted molar refractivity (Wildman–Crippen MR) is 102 cm³/mol. The number of hydrogen-bond donors (Lipinski definition) is 2. The summed E-state index contributed by atoms with van der Waals surface area (Å²) in [4.78, 5) is 14.7. The van der Waals surface area contributed by atoms with Crippen molar-refractivity contribution in [3.8, 4) is 11.5 Å². The van der Waals surface area contributed by atoms with Gasteiger partial charge in [0.2, 0.25) is 0 Å². The Bertz CT molecular complexity index is 899. The highest BCUT2D eigenvalue weighted by atomic mass is 35.5. The van der Waals surface area contributed by atoms with Gasteiger partial charge in [0.15, 0.2) is 6.61 Å². The number of allylic oxidation sites excluding steroid dienone is 1. The van der Waals surface area contributed by atoms with E-state index in [0.29, 0.717) is 39.9 Å². The quantitative estimate of drug-likeness (QED) is 0.772. The molecule has 1 heterocycles. The molecule has 0 bridgehead atoms. The fourth-order valence-electron chi connectivity index (χ4n) is 2.64. The third kappa shape index (κ3) is 4.18. The fourth-order valence-corrected chi connectivity index (χ4v) is 3.24. The summed E-state index contributed by atoms with van der Waals surface area (Å²) in [6.07, 6.45) is 4.12. The van der Waals surface area contributed by atoms with Crippen LogP contribution >= 0.6 is 23.2 Å². The van der Waals surface area contributed by atoms with Gasteiger partial charge in [0.05, 0.1) is 6.54 Å². The Kier molecular flexibility index (Phi) is 5.49. The van der Waals surface area contributed by atoms with Gasteiger partial charge in [0.1, 0.15) is 11.5 Å². The molecule has 134 valence electrons. The van der Waals surface area contributed by atoms with Crippen molar-refractivity contribution in [2.75, 3.05) is 13.2 Å². The Balaban J connectivity index is 1.86. The van der Waals surface area contributed by atoms with Gasteiger partial charge in [0, 0.05) is 33.8 Å². The number of nitrogens with zero attached hydrogens (tertiary/aromatic N) is 1. The van der Waals surface area contributed by atoms with Gasteiger partial charge in [-0.05, 0) is 35.4 Å². The molecule has 3 rings (SSSR count). The van der Waals surface area contributed by atoms with E-state index in [9.17, 15) is 9.90 Å². The fraction of sp³-hybridized carbons (Fsp3) is 0.158. The molecule has 0 radical (unpaired) electrons. The standard InChI is InChI=1S/C19H15Cl2NO4/c20-16-7-13(26-10-19(24)25)8-17(21)15(16)6-11-1-2-18(23)14(5-11)12-3-4-22-9-12/h1-3,5,7-9,23H,4,6,10H2,(H,24,25). The van der Waals surface area contributed by atoms with Gasteiger partial charge in [-0.2, -0.15) is 0 Å². The van der Waals surface area contributed by atoms with Crippen molar-refractivity contribution in [1.82, 2.24) is 0 Å². The van der Waals surface area contributed by atoms with Crippen LogP contribution in [0, 0.1) is 0 Å². The Morgan fingerprint density at radius 3 is 2.54 bits per heavy atom. The molecule has 0 saturated heterocycles. The highest BCUT2D eigenvalue weighted by Crippen LogP contribution is 2.34. The summed E-state index contributed by atoms with van der Waals surface area (Å²) in [7, 11) is 0. The van der Waals surface area contributed by atoms with Crippen molar-refractivity contribution in [1.29, 1.82) is 0 Å². The summed E-state index contributed by atoms with van der Waals surface area (Å²) in [5.74, 6) is -0.601. The van der Waals surface area contributed by atoms with Crippen molar-refractivity contribution < 1.29 is 19.7 Å². The lowest BCUT2D eigenvalue weighted by atomic mass is 9.98. The number of halogens is 2. The molecule has 0 amide bonds. The first-order valence-electron chi connectivity index (χ1n) is 7.79. The first-order valence-corrected chi connectivity index (χ1v) is 8.54. The lowest BCUT2D eigenvalue weighted by molar-refractivity contribution is -0.139. The third-order valence-electron chi connectivity index (χ3n) is 3.88. The van der Waals surface area contributed by atoms with Gasteiger partial charge in [-0.15, -0.1) is 0 Å². The SMILES string of the molecule is O=C(O)COc1cc(Cl)c(Cc2ccc(O)c(C3=CCN=C3)c2)c(Cl)c1. The van der Waals surface area contributed by atoms with E-state index >= 15 is 0 Å². The molecule has 0 atom stereocenters. The zero-order valence-electron chi connectivity index (χ0n) is 13.6. The van der Waals surface area contributed by atoms with E-state index in [1.165, 1.54) is 0 Å². The Morgan fingerprint density at radius 2 is 1.92 bits per heavy atom. The summed E-state index contributed by atoms with van der Waals surface area (Å²) in [6.45, 7) is 0.137. The van der Waals surface area contributed by atoms with E-state index in [2.05, 4.69) is 4.99 Å². The van der Waals surface area contributed by atoms with E-state index in [1.807, 2.05) is 12.1 Å². The third-order valence-corrected chi connectivity index (χ3v) is 4.55. The summed E-state index contributed by atoms with van der Waals surface area (Å²) in [6, 6.07) is 8.38. The van der Waals surface area contributed by atoms with E-state index in [1.54, 1.807) is 30.5 Å². The van der Waals surface area contributed by atoms with E-state index in [4.69, 9.17) is 33.0 Å². The lowest BCUT2D eigenvalue weighted by Gasteiger charge is -2.12. The second-order valence-electron chi connectivity index (χ2n) is 5.73.